The molecule has 0 aliphatic rings. The second-order valence-electron chi connectivity index (χ2n) is 3.43. The molecule has 0 radical (unpaired) electrons. The van der Waals surface area contributed by atoms with Crippen molar-refractivity contribution >= 4 is 22.9 Å². The fraction of sp³-hybridized carbons (Fsp3) is 0.167. The van der Waals surface area contributed by atoms with Crippen LogP contribution in [0.25, 0.3) is 11.3 Å². The molecule has 4 heteroatoms. The van der Waals surface area contributed by atoms with Crippen molar-refractivity contribution in [2.75, 3.05) is 0 Å². The van der Waals surface area contributed by atoms with Crippen molar-refractivity contribution in [2.24, 2.45) is 0 Å². The molecule has 1 aromatic heterocycles. The topological polar surface area (TPSA) is 36.7 Å². The van der Waals surface area contributed by atoms with Gasteiger partial charge < -0.3 is 0 Å². The molecule has 2 nitrogen and oxygen atoms in total. The Hall–Kier alpha value is -1.37. The van der Waals surface area contributed by atoms with Gasteiger partial charge in [0.2, 0.25) is 0 Å². The van der Waals surface area contributed by atoms with E-state index in [1.165, 1.54) is 11.3 Å². The normalized spacial score (nSPS) is 12.1. The van der Waals surface area contributed by atoms with Crippen molar-refractivity contribution in [1.82, 2.24) is 4.98 Å². The number of halogens is 1. The van der Waals surface area contributed by atoms with E-state index in [1.54, 1.807) is 0 Å². The van der Waals surface area contributed by atoms with Crippen LogP contribution in [0.4, 0.5) is 0 Å². The number of rotatable bonds is 2. The standard InChI is InChI=1S/C12H9ClN2S/c1-8(6-14)12-15-11(7-16-12)9-2-4-10(13)5-3-9/h2-5,7-8H,1H3. The van der Waals surface area contributed by atoms with E-state index < -0.39 is 0 Å². The predicted octanol–water partition coefficient (Wildman–Crippen LogP) is 4.09. The van der Waals surface area contributed by atoms with Gasteiger partial charge in [0, 0.05) is 16.0 Å². The molecular formula is C12H9ClN2S. The summed E-state index contributed by atoms with van der Waals surface area (Å²) in [4.78, 5) is 4.43. The van der Waals surface area contributed by atoms with E-state index in [9.17, 15) is 0 Å². The number of hydrogen-bond donors (Lipinski definition) is 0. The molecule has 2 aromatic rings. The average molecular weight is 249 g/mol. The Kier molecular flexibility index (Phi) is 3.23. The van der Waals surface area contributed by atoms with Crippen LogP contribution < -0.4 is 0 Å². The van der Waals surface area contributed by atoms with Crippen LogP contribution in [0.15, 0.2) is 29.6 Å². The molecule has 0 aliphatic carbocycles. The van der Waals surface area contributed by atoms with Crippen LogP contribution in [0.5, 0.6) is 0 Å². The first-order valence-corrected chi connectivity index (χ1v) is 6.07. The summed E-state index contributed by atoms with van der Waals surface area (Å²) in [5, 5.41) is 12.3. The molecule has 1 atom stereocenters. The van der Waals surface area contributed by atoms with Crippen molar-refractivity contribution < 1.29 is 0 Å². The van der Waals surface area contributed by atoms with E-state index in [-0.39, 0.29) is 5.92 Å². The molecular weight excluding hydrogens is 240 g/mol. The lowest BCUT2D eigenvalue weighted by molar-refractivity contribution is 0.961. The summed E-state index contributed by atoms with van der Waals surface area (Å²) in [7, 11) is 0. The van der Waals surface area contributed by atoms with E-state index in [0.717, 1.165) is 16.3 Å². The van der Waals surface area contributed by atoms with Crippen molar-refractivity contribution in [3.63, 3.8) is 0 Å². The minimum atomic E-state index is -0.147. The minimum absolute atomic E-state index is 0.147. The molecule has 0 bridgehead atoms. The molecule has 0 saturated carbocycles. The monoisotopic (exact) mass is 248 g/mol. The van der Waals surface area contributed by atoms with Crippen LogP contribution in [-0.4, -0.2) is 4.98 Å². The molecule has 80 valence electrons. The zero-order chi connectivity index (χ0) is 11.5. The van der Waals surface area contributed by atoms with Crippen molar-refractivity contribution in [3.05, 3.63) is 39.7 Å². The van der Waals surface area contributed by atoms with Gasteiger partial charge >= 0.3 is 0 Å². The Balaban J connectivity index is 2.32. The zero-order valence-electron chi connectivity index (χ0n) is 8.64. The second-order valence-corrected chi connectivity index (χ2v) is 4.75. The van der Waals surface area contributed by atoms with E-state index in [4.69, 9.17) is 16.9 Å². The highest BCUT2D eigenvalue weighted by Crippen LogP contribution is 2.26. The maximum atomic E-state index is 8.80. The molecule has 1 unspecified atom stereocenters. The number of hydrogen-bond acceptors (Lipinski definition) is 3. The maximum absolute atomic E-state index is 8.80. The van der Waals surface area contributed by atoms with Crippen molar-refractivity contribution in [2.45, 2.75) is 12.8 Å². The highest BCUT2D eigenvalue weighted by molar-refractivity contribution is 7.10. The lowest BCUT2D eigenvalue weighted by Crippen LogP contribution is -1.87. The van der Waals surface area contributed by atoms with E-state index >= 15 is 0 Å². The average Bonchev–Trinajstić information content (AvgIpc) is 2.78. The van der Waals surface area contributed by atoms with E-state index in [0.29, 0.717) is 5.02 Å². The fourth-order valence-corrected chi connectivity index (χ4v) is 2.25. The first-order chi connectivity index (χ1) is 7.70. The fourth-order valence-electron chi connectivity index (χ4n) is 1.29. The van der Waals surface area contributed by atoms with Crippen LogP contribution in [0.3, 0.4) is 0 Å². The quantitative estimate of drug-likeness (QED) is 0.803. The van der Waals surface area contributed by atoms with Crippen LogP contribution in [0.2, 0.25) is 5.02 Å². The highest BCUT2D eigenvalue weighted by Gasteiger charge is 2.10. The Morgan fingerprint density at radius 1 is 1.38 bits per heavy atom. The third-order valence-electron chi connectivity index (χ3n) is 2.23. The van der Waals surface area contributed by atoms with Gasteiger partial charge in [-0.1, -0.05) is 23.7 Å². The summed E-state index contributed by atoms with van der Waals surface area (Å²) < 4.78 is 0. The summed E-state index contributed by atoms with van der Waals surface area (Å²) >= 11 is 7.33. The van der Waals surface area contributed by atoms with Gasteiger partial charge in [-0.3, -0.25) is 0 Å². The lowest BCUT2D eigenvalue weighted by atomic mass is 10.2. The summed E-state index contributed by atoms with van der Waals surface area (Å²) in [5.41, 5.74) is 1.93. The maximum Gasteiger partial charge on any atom is 0.110 e. The molecule has 2 rings (SSSR count). The molecule has 0 N–H and O–H groups in total. The van der Waals surface area contributed by atoms with E-state index in [1.807, 2.05) is 36.6 Å². The largest absolute Gasteiger partial charge is 0.240 e. The SMILES string of the molecule is CC(C#N)c1nc(-c2ccc(Cl)cc2)cs1. The van der Waals surface area contributed by atoms with Crippen molar-refractivity contribution in [3.8, 4) is 17.3 Å². The number of nitriles is 1. The molecule has 0 spiro atoms. The van der Waals surface area contributed by atoms with Gasteiger partial charge in [0.05, 0.1) is 17.7 Å². The van der Waals surface area contributed by atoms with Gasteiger partial charge in [0.25, 0.3) is 0 Å². The molecule has 16 heavy (non-hydrogen) atoms. The third kappa shape index (κ3) is 2.24. The van der Waals surface area contributed by atoms with Gasteiger partial charge in [0.15, 0.2) is 0 Å². The molecule has 1 heterocycles. The van der Waals surface area contributed by atoms with Gasteiger partial charge in [-0.25, -0.2) is 4.98 Å². The first kappa shape index (κ1) is 11.1. The molecule has 0 aliphatic heterocycles. The number of aromatic nitrogens is 1. The predicted molar refractivity (Wildman–Crippen MR) is 66.6 cm³/mol. The third-order valence-corrected chi connectivity index (χ3v) is 3.51. The Morgan fingerprint density at radius 3 is 2.69 bits per heavy atom. The summed E-state index contributed by atoms with van der Waals surface area (Å²) in [6.07, 6.45) is 0. The second kappa shape index (κ2) is 4.65. The van der Waals surface area contributed by atoms with Gasteiger partial charge in [-0.15, -0.1) is 11.3 Å². The van der Waals surface area contributed by atoms with Crippen LogP contribution in [-0.2, 0) is 0 Å². The van der Waals surface area contributed by atoms with Gasteiger partial charge in [-0.05, 0) is 19.1 Å². The van der Waals surface area contributed by atoms with Crippen LogP contribution in [0.1, 0.15) is 17.8 Å². The number of thiazole rings is 1. The summed E-state index contributed by atoms with van der Waals surface area (Å²) in [6, 6.07) is 9.71. The van der Waals surface area contributed by atoms with Crippen molar-refractivity contribution in [1.29, 1.82) is 5.26 Å². The molecule has 0 saturated heterocycles. The Morgan fingerprint density at radius 2 is 2.06 bits per heavy atom. The highest BCUT2D eigenvalue weighted by atomic mass is 35.5. The van der Waals surface area contributed by atoms with Gasteiger partial charge in [-0.2, -0.15) is 5.26 Å². The summed E-state index contributed by atoms with van der Waals surface area (Å²) in [6.45, 7) is 1.85. The lowest BCUT2D eigenvalue weighted by Gasteiger charge is -1.97. The number of benzene rings is 1. The Bertz CT molecular complexity index is 525. The number of nitrogens with zero attached hydrogens (tertiary/aromatic N) is 2. The smallest absolute Gasteiger partial charge is 0.110 e. The summed E-state index contributed by atoms with van der Waals surface area (Å²) in [5.74, 6) is -0.147. The van der Waals surface area contributed by atoms with E-state index in [2.05, 4.69) is 11.1 Å². The molecule has 0 fully saturated rings. The first-order valence-electron chi connectivity index (χ1n) is 4.81. The minimum Gasteiger partial charge on any atom is -0.240 e. The molecule has 0 amide bonds. The van der Waals surface area contributed by atoms with Gasteiger partial charge in [0.1, 0.15) is 5.01 Å². The van der Waals surface area contributed by atoms with Crippen LogP contribution in [0, 0.1) is 11.3 Å². The van der Waals surface area contributed by atoms with Crippen LogP contribution >= 0.6 is 22.9 Å². The Labute approximate surface area is 103 Å². The molecule has 1 aromatic carbocycles. The zero-order valence-corrected chi connectivity index (χ0v) is 10.2.